The lowest BCUT2D eigenvalue weighted by Crippen LogP contribution is -2.45. The van der Waals surface area contributed by atoms with Crippen molar-refractivity contribution in [3.05, 3.63) is 126 Å². The molecule has 6 aliphatic heterocycles. The van der Waals surface area contributed by atoms with E-state index in [0.717, 1.165) is 136 Å². The van der Waals surface area contributed by atoms with E-state index in [1.165, 1.54) is 57.6 Å². The Morgan fingerprint density at radius 3 is 1.35 bits per heavy atom. The fourth-order valence-corrected chi connectivity index (χ4v) is 19.4. The number of nitrogens with zero attached hydrogens (tertiary/aromatic N) is 20. The van der Waals surface area contributed by atoms with Gasteiger partial charge < -0.3 is 76.4 Å². The van der Waals surface area contributed by atoms with E-state index >= 15 is 0 Å². The van der Waals surface area contributed by atoms with Crippen LogP contribution >= 0.6 is 0 Å². The summed E-state index contributed by atoms with van der Waals surface area (Å²) >= 11 is 0. The van der Waals surface area contributed by atoms with Crippen molar-refractivity contribution in [1.29, 1.82) is 0 Å². The molecule has 0 atom stereocenters. The monoisotopic (exact) mass is 1680 g/mol. The number of para-hydroxylation sites is 1. The maximum atomic E-state index is 13.1. The van der Waals surface area contributed by atoms with Crippen LogP contribution in [0.25, 0.3) is 16.9 Å². The second-order valence-corrected chi connectivity index (χ2v) is 37.0. The predicted molar refractivity (Wildman–Crippen MR) is 483 cm³/mol. The molecule has 4 fully saturated rings. The molecule has 0 bridgehead atoms. The number of nitrogens with one attached hydrogen (secondary N) is 5. The number of aromatic nitrogens is 11. The van der Waals surface area contributed by atoms with Crippen LogP contribution in [0, 0.1) is 21.7 Å². The van der Waals surface area contributed by atoms with Crippen molar-refractivity contribution in [2.45, 2.75) is 195 Å². The number of benzene rings is 3. The van der Waals surface area contributed by atoms with Crippen molar-refractivity contribution in [2.75, 3.05) is 134 Å². The number of fused-ring (bicyclic) bond motifs is 7. The molecule has 33 nitrogen and oxygen atoms in total. The molecule has 7 amide bonds. The van der Waals surface area contributed by atoms with Gasteiger partial charge in [0.2, 0.25) is 47.4 Å². The highest BCUT2D eigenvalue weighted by molar-refractivity contribution is 6.05. The molecular weight excluding hydrogens is 1570 g/mol. The molecule has 0 saturated heterocycles. The number of nitrogen functional groups attached to an aromatic ring is 1. The highest BCUT2D eigenvalue weighted by Gasteiger charge is 2.47. The van der Waals surface area contributed by atoms with Crippen molar-refractivity contribution in [1.82, 2.24) is 65.3 Å². The number of carbonyl (C=O) groups is 7. The quantitative estimate of drug-likeness (QED) is 0.0661. The zero-order valence-electron chi connectivity index (χ0n) is 73.6. The van der Waals surface area contributed by atoms with Gasteiger partial charge in [-0.15, -0.1) is 5.10 Å². The summed E-state index contributed by atoms with van der Waals surface area (Å²) in [6.45, 7) is 19.0. The van der Waals surface area contributed by atoms with Crippen LogP contribution in [0.15, 0.2) is 104 Å². The summed E-state index contributed by atoms with van der Waals surface area (Å²) in [6, 6.07) is 24.2. The third-order valence-electron chi connectivity index (χ3n) is 26.2. The molecule has 4 saturated carbocycles. The Morgan fingerprint density at radius 2 is 0.895 bits per heavy atom. The predicted octanol–water partition coefficient (Wildman–Crippen LogP) is 12.6. The topological polar surface area (TPSA) is 369 Å². The first-order chi connectivity index (χ1) is 59.3. The van der Waals surface area contributed by atoms with Crippen molar-refractivity contribution < 1.29 is 33.6 Å². The number of carbonyl (C=O) groups excluding carboxylic acids is 7. The molecular formula is C91H114N26O7. The summed E-state index contributed by atoms with van der Waals surface area (Å²) in [4.78, 5) is 148. The van der Waals surface area contributed by atoms with Crippen molar-refractivity contribution in [3.8, 4) is 5.95 Å². The molecule has 9 aromatic rings. The number of pyridine rings is 1. The fraction of sp³-hybridized carbons (Fsp3) is 0.484. The van der Waals surface area contributed by atoms with E-state index in [1.807, 2.05) is 130 Å². The van der Waals surface area contributed by atoms with Crippen molar-refractivity contribution >= 4 is 145 Å². The average Bonchev–Trinajstić information content (AvgIpc) is 1.58. The normalized spacial score (nSPS) is 19.7. The summed E-state index contributed by atoms with van der Waals surface area (Å²) in [5.74, 6) is 6.13. The van der Waals surface area contributed by atoms with Crippen molar-refractivity contribution in [3.63, 3.8) is 0 Å². The minimum absolute atomic E-state index is 0.0590. The van der Waals surface area contributed by atoms with Crippen LogP contribution in [0.3, 0.4) is 0 Å². The van der Waals surface area contributed by atoms with E-state index in [9.17, 15) is 33.6 Å². The van der Waals surface area contributed by atoms with E-state index in [2.05, 4.69) is 76.2 Å². The van der Waals surface area contributed by atoms with Crippen LogP contribution in [-0.2, 0) is 36.9 Å². The lowest BCUT2D eigenvalue weighted by atomic mass is 9.91. The standard InChI is InChI=1S/C24H30N6O2.C23H28N6O2.C22H29N7O2.C22H27N7O/c1-24(2)14-30(17-7-5-6-8-17)21-19(29(4)22(24)32)13-25-23(27-21)26-16-9-10-18-15(11-16)12-20(31)28(18)3;1-23(2)13-29(14-7-4-5-8-14)19-18(28(3)21(23)31)12-25-22(27-19)26-17-10-6-9-15-16(17)11-24-20(15)30;1-22(2)13-29(15-7-5-6-8-15)18-16(28(4)20(22)31)12-25-21(27-18)26-17-10-9-14(11-24-17)19(30)23-3;1-22(2)13-28(14-8-4-5-9-14)19-17(27(3)20(22)30)12-24-21(25-19)29-16-11-7-6-10-15(16)18(23)26-29/h9-11,13,17H,5-8,12,14H2,1-4H3,(H,25,26,27);6,9-10,12,14H,4-5,7-8,11,13H2,1-3H3,(H,24,30)(H,25,26,27);9-12,15H,5-8,13H2,1-4H3,(H,23,30)(H,24,25,26,27);6-7,10-12,14H,4-5,8-9,13H2,1-3H3,(H2,23,26). The highest BCUT2D eigenvalue weighted by Crippen LogP contribution is 2.47. The second-order valence-electron chi connectivity index (χ2n) is 37.0. The Bertz CT molecular complexity index is 5630. The maximum absolute atomic E-state index is 13.1. The van der Waals surface area contributed by atoms with Crippen molar-refractivity contribution in [2.24, 2.45) is 21.7 Å². The zero-order chi connectivity index (χ0) is 87.6. The Balaban J connectivity index is 0.000000122. The molecule has 650 valence electrons. The molecule has 0 radical (unpaired) electrons. The summed E-state index contributed by atoms with van der Waals surface area (Å²) in [5.41, 5.74) is 13.6. The van der Waals surface area contributed by atoms with Gasteiger partial charge in [0.1, 0.15) is 28.6 Å². The number of nitrogens with two attached hydrogens (primary N) is 1. The molecule has 12 heterocycles. The van der Waals surface area contributed by atoms with Crippen LogP contribution in [-0.4, -0.2) is 189 Å². The van der Waals surface area contributed by atoms with E-state index < -0.39 is 21.7 Å². The highest BCUT2D eigenvalue weighted by atomic mass is 16.2. The van der Waals surface area contributed by atoms with Gasteiger partial charge in [-0.25, -0.2) is 24.9 Å². The van der Waals surface area contributed by atoms with Gasteiger partial charge >= 0.3 is 0 Å². The van der Waals surface area contributed by atoms with Gasteiger partial charge in [-0.1, -0.05) is 69.6 Å². The molecule has 124 heavy (non-hydrogen) atoms. The zero-order valence-corrected chi connectivity index (χ0v) is 73.6. The van der Waals surface area contributed by atoms with Gasteiger partial charge in [0, 0.05) is 139 Å². The smallest absolute Gasteiger partial charge is 0.253 e. The molecule has 6 aromatic heterocycles. The molecule has 3 aromatic carbocycles. The summed E-state index contributed by atoms with van der Waals surface area (Å²) in [5, 5.41) is 20.5. The first-order valence-electron chi connectivity index (χ1n) is 43.5. The van der Waals surface area contributed by atoms with E-state index in [1.54, 1.807) is 94.3 Å². The van der Waals surface area contributed by atoms with Gasteiger partial charge in [-0.3, -0.25) is 33.6 Å². The van der Waals surface area contributed by atoms with Gasteiger partial charge in [-0.2, -0.15) is 24.6 Å². The number of anilines is 16. The van der Waals surface area contributed by atoms with Gasteiger partial charge in [0.15, 0.2) is 29.1 Å². The fourth-order valence-electron chi connectivity index (χ4n) is 19.4. The summed E-state index contributed by atoms with van der Waals surface area (Å²) in [6.07, 6.45) is 27.3. The molecule has 4 aliphatic carbocycles. The molecule has 7 N–H and O–H groups in total. The number of hydrogen-bond acceptors (Lipinski definition) is 25. The van der Waals surface area contributed by atoms with E-state index in [0.29, 0.717) is 110 Å². The van der Waals surface area contributed by atoms with Gasteiger partial charge in [0.05, 0.1) is 63.9 Å². The number of rotatable bonds is 12. The lowest BCUT2D eigenvalue weighted by molar-refractivity contribution is -0.126. The van der Waals surface area contributed by atoms with Gasteiger partial charge in [0.25, 0.3) is 17.8 Å². The largest absolute Gasteiger partial charge is 0.382 e. The minimum Gasteiger partial charge on any atom is -0.382 e. The summed E-state index contributed by atoms with van der Waals surface area (Å²) in [7, 11) is 10.6. The Labute approximate surface area is 723 Å². The van der Waals surface area contributed by atoms with Crippen LogP contribution in [0.2, 0.25) is 0 Å². The molecule has 33 heteroatoms. The Kier molecular flexibility index (Phi) is 23.2. The van der Waals surface area contributed by atoms with E-state index in [-0.39, 0.29) is 41.4 Å². The average molecular weight is 1680 g/mol. The first kappa shape index (κ1) is 84.9. The molecule has 0 spiro atoms. The minimum atomic E-state index is -0.525. The Morgan fingerprint density at radius 1 is 0.460 bits per heavy atom. The number of likely N-dealkylation sites (N-methyl/N-ethyl adjacent to an activating group) is 1. The second kappa shape index (κ2) is 33.8. The lowest BCUT2D eigenvalue weighted by Gasteiger charge is -2.34. The van der Waals surface area contributed by atoms with Crippen LogP contribution in [0.1, 0.15) is 190 Å². The molecule has 0 unspecified atom stereocenters. The summed E-state index contributed by atoms with van der Waals surface area (Å²) < 4.78 is 1.69. The van der Waals surface area contributed by atoms with Crippen LogP contribution < -0.4 is 76.4 Å². The van der Waals surface area contributed by atoms with Gasteiger partial charge in [-0.05, 0) is 167 Å². The molecule has 10 aliphatic rings. The third kappa shape index (κ3) is 16.5. The SMILES string of the molecule is CN1C(=O)C(C)(C)CN(C2CCCC2)c2nc(-n3nc(N)c4ccccc43)ncc21.CN1C(=O)C(C)(C)CN(C2CCCC2)c2nc(Nc3cccc4c3CNC4=O)ncc21.CN1C(=O)Cc2cc(Nc3ncc4c(n3)N(C3CCCC3)CC(C)(C)C(=O)N4C)ccc21.CNC(=O)c1ccc(Nc2ncc3c(n2)N(C2CCCC2)CC(C)(C)C(=O)N3C)nc1. The molecule has 19 rings (SSSR count). The van der Waals surface area contributed by atoms with Crippen LogP contribution in [0.4, 0.5) is 92.6 Å². The maximum Gasteiger partial charge on any atom is 0.253 e. The number of hydrogen-bond donors (Lipinski definition) is 6. The van der Waals surface area contributed by atoms with E-state index in [4.69, 9.17) is 25.7 Å². The third-order valence-corrected chi connectivity index (χ3v) is 26.2. The number of amides is 7. The first-order valence-corrected chi connectivity index (χ1v) is 43.5. The van der Waals surface area contributed by atoms with Crippen LogP contribution in [0.5, 0.6) is 0 Å². The Hall–Kier alpha value is -12.7.